The van der Waals surface area contributed by atoms with Crippen LogP contribution < -0.4 is 5.32 Å². The first kappa shape index (κ1) is 13.9. The molecule has 1 amide bonds. The summed E-state index contributed by atoms with van der Waals surface area (Å²) in [5.74, 6) is 0.146. The van der Waals surface area contributed by atoms with Gasteiger partial charge in [-0.05, 0) is 19.8 Å². The zero-order valence-electron chi connectivity index (χ0n) is 9.87. The molecule has 1 aliphatic rings. The molecule has 1 heterocycles. The van der Waals surface area contributed by atoms with Gasteiger partial charge < -0.3 is 14.8 Å². The smallest absolute Gasteiger partial charge is 0.225 e. The lowest BCUT2D eigenvalue weighted by Gasteiger charge is -2.11. The fourth-order valence-electron chi connectivity index (χ4n) is 1.76. The van der Waals surface area contributed by atoms with Gasteiger partial charge in [0.2, 0.25) is 5.91 Å². The third kappa shape index (κ3) is 4.80. The highest BCUT2D eigenvalue weighted by Gasteiger charge is 2.27. The maximum Gasteiger partial charge on any atom is 0.225 e. The van der Waals surface area contributed by atoms with E-state index in [1.165, 1.54) is 0 Å². The molecule has 1 N–H and O–H groups in total. The van der Waals surface area contributed by atoms with E-state index < -0.39 is 0 Å². The fraction of sp³-hybridized carbons (Fsp3) is 0.909. The summed E-state index contributed by atoms with van der Waals surface area (Å²) in [6.07, 6.45) is 1.93. The summed E-state index contributed by atoms with van der Waals surface area (Å²) in [5.41, 5.74) is 0. The van der Waals surface area contributed by atoms with Crippen molar-refractivity contribution < 1.29 is 14.3 Å². The van der Waals surface area contributed by atoms with E-state index in [1.807, 2.05) is 6.92 Å². The first-order chi connectivity index (χ1) is 7.63. The van der Waals surface area contributed by atoms with Gasteiger partial charge in [-0.1, -0.05) is 15.9 Å². The van der Waals surface area contributed by atoms with Crippen LogP contribution in [0.25, 0.3) is 0 Å². The Kier molecular flexibility index (Phi) is 6.31. The lowest BCUT2D eigenvalue weighted by Crippen LogP contribution is -2.33. The second kappa shape index (κ2) is 7.25. The van der Waals surface area contributed by atoms with Crippen molar-refractivity contribution in [1.82, 2.24) is 5.32 Å². The lowest BCUT2D eigenvalue weighted by atomic mass is 10.1. The summed E-state index contributed by atoms with van der Waals surface area (Å²) < 4.78 is 10.4. The summed E-state index contributed by atoms with van der Waals surface area (Å²) in [4.78, 5) is 12.0. The summed E-state index contributed by atoms with van der Waals surface area (Å²) >= 11 is 3.48. The third-order valence-electron chi connectivity index (χ3n) is 2.67. The van der Waals surface area contributed by atoms with Gasteiger partial charge in [-0.15, -0.1) is 0 Å². The van der Waals surface area contributed by atoms with Crippen LogP contribution in [0.4, 0.5) is 0 Å². The van der Waals surface area contributed by atoms with Crippen LogP contribution >= 0.6 is 15.9 Å². The second-order valence-electron chi connectivity index (χ2n) is 4.21. The molecule has 4 nitrogen and oxygen atoms in total. The minimum Gasteiger partial charge on any atom is -0.384 e. The topological polar surface area (TPSA) is 47.6 Å². The van der Waals surface area contributed by atoms with Gasteiger partial charge in [0.15, 0.2) is 0 Å². The molecule has 1 fully saturated rings. The third-order valence-corrected chi connectivity index (χ3v) is 3.40. The van der Waals surface area contributed by atoms with E-state index in [9.17, 15) is 4.79 Å². The van der Waals surface area contributed by atoms with Gasteiger partial charge in [-0.3, -0.25) is 4.79 Å². The molecule has 0 saturated carbocycles. The van der Waals surface area contributed by atoms with Crippen molar-refractivity contribution in [2.75, 3.05) is 26.9 Å². The molecule has 3 atom stereocenters. The molecular weight excluding hydrogens is 274 g/mol. The average Bonchev–Trinajstić information content (AvgIpc) is 2.65. The van der Waals surface area contributed by atoms with Gasteiger partial charge in [0.1, 0.15) is 0 Å². The van der Waals surface area contributed by atoms with Gasteiger partial charge in [0, 0.05) is 18.5 Å². The van der Waals surface area contributed by atoms with Gasteiger partial charge in [0.05, 0.1) is 25.2 Å². The van der Waals surface area contributed by atoms with E-state index in [0.29, 0.717) is 24.6 Å². The number of carbonyl (C=O) groups is 1. The van der Waals surface area contributed by atoms with Gasteiger partial charge in [-0.2, -0.15) is 0 Å². The van der Waals surface area contributed by atoms with Crippen LogP contribution in [0.1, 0.15) is 19.8 Å². The van der Waals surface area contributed by atoms with Crippen LogP contribution in [-0.4, -0.2) is 43.7 Å². The lowest BCUT2D eigenvalue weighted by molar-refractivity contribution is -0.124. The highest BCUT2D eigenvalue weighted by Crippen LogP contribution is 2.18. The average molecular weight is 294 g/mol. The molecule has 16 heavy (non-hydrogen) atoms. The molecule has 1 rings (SSSR count). The number of rotatable bonds is 6. The maximum absolute atomic E-state index is 11.7. The highest BCUT2D eigenvalue weighted by atomic mass is 79.9. The number of carbonyl (C=O) groups excluding carboxylic acids is 1. The Hall–Kier alpha value is -0.130. The Morgan fingerprint density at radius 1 is 1.69 bits per heavy atom. The molecule has 0 aromatic heterocycles. The molecule has 0 aliphatic carbocycles. The largest absolute Gasteiger partial charge is 0.384 e. The minimum atomic E-state index is 0.0335. The standard InChI is InChI=1S/C11H20BrNO3/c1-8-5-9(6-16-8)11(14)13-4-3-10(12)7-15-2/h8-10H,3-7H2,1-2H3,(H,13,14). The first-order valence-electron chi connectivity index (χ1n) is 5.65. The fourth-order valence-corrected chi connectivity index (χ4v) is 2.25. The summed E-state index contributed by atoms with van der Waals surface area (Å²) in [6.45, 7) is 3.91. The number of ether oxygens (including phenoxy) is 2. The molecule has 1 saturated heterocycles. The van der Waals surface area contributed by atoms with Crippen LogP contribution in [-0.2, 0) is 14.3 Å². The van der Waals surface area contributed by atoms with Crippen molar-refractivity contribution in [2.24, 2.45) is 5.92 Å². The highest BCUT2D eigenvalue weighted by molar-refractivity contribution is 9.09. The van der Waals surface area contributed by atoms with Crippen LogP contribution in [0, 0.1) is 5.92 Å². The van der Waals surface area contributed by atoms with Crippen LogP contribution in [0.2, 0.25) is 0 Å². The number of amides is 1. The van der Waals surface area contributed by atoms with Gasteiger partial charge in [-0.25, -0.2) is 0 Å². The zero-order valence-corrected chi connectivity index (χ0v) is 11.5. The first-order valence-corrected chi connectivity index (χ1v) is 6.57. The van der Waals surface area contributed by atoms with Crippen LogP contribution in [0.3, 0.4) is 0 Å². The molecular formula is C11H20BrNO3. The van der Waals surface area contributed by atoms with E-state index in [1.54, 1.807) is 7.11 Å². The van der Waals surface area contributed by atoms with Gasteiger partial charge >= 0.3 is 0 Å². The number of hydrogen-bond acceptors (Lipinski definition) is 3. The molecule has 0 radical (unpaired) electrons. The summed E-state index contributed by atoms with van der Waals surface area (Å²) in [7, 11) is 1.67. The number of methoxy groups -OCH3 is 1. The Labute approximate surface area is 105 Å². The molecule has 3 unspecified atom stereocenters. The van der Waals surface area contributed by atoms with Crippen LogP contribution in [0.15, 0.2) is 0 Å². The van der Waals surface area contributed by atoms with E-state index in [4.69, 9.17) is 9.47 Å². The summed E-state index contributed by atoms with van der Waals surface area (Å²) in [5, 5.41) is 2.93. The Bertz CT molecular complexity index is 225. The van der Waals surface area contributed by atoms with Crippen molar-refractivity contribution in [3.8, 4) is 0 Å². The Balaban J connectivity index is 2.11. The number of halogens is 1. The monoisotopic (exact) mass is 293 g/mol. The van der Waals surface area contributed by atoms with Crippen molar-refractivity contribution in [3.63, 3.8) is 0 Å². The molecule has 0 aromatic rings. The number of alkyl halides is 1. The molecule has 0 spiro atoms. The molecule has 0 bridgehead atoms. The van der Waals surface area contributed by atoms with E-state index in [2.05, 4.69) is 21.2 Å². The SMILES string of the molecule is COCC(Br)CCNC(=O)C1COC(C)C1. The van der Waals surface area contributed by atoms with Crippen molar-refractivity contribution >= 4 is 21.8 Å². The van der Waals surface area contributed by atoms with Crippen LogP contribution in [0.5, 0.6) is 0 Å². The predicted molar refractivity (Wildman–Crippen MR) is 65.7 cm³/mol. The summed E-state index contributed by atoms with van der Waals surface area (Å²) in [6, 6.07) is 0. The quantitative estimate of drug-likeness (QED) is 0.752. The maximum atomic E-state index is 11.7. The molecule has 0 aromatic carbocycles. The number of nitrogens with one attached hydrogen (secondary N) is 1. The van der Waals surface area contributed by atoms with E-state index in [-0.39, 0.29) is 17.9 Å². The van der Waals surface area contributed by atoms with E-state index >= 15 is 0 Å². The molecule has 94 valence electrons. The molecule has 5 heteroatoms. The predicted octanol–water partition coefficient (Wildman–Crippen LogP) is 1.33. The van der Waals surface area contributed by atoms with Crippen molar-refractivity contribution in [2.45, 2.75) is 30.7 Å². The minimum absolute atomic E-state index is 0.0335. The normalized spacial score (nSPS) is 26.7. The van der Waals surface area contributed by atoms with Crippen molar-refractivity contribution in [3.05, 3.63) is 0 Å². The molecule has 1 aliphatic heterocycles. The van der Waals surface area contributed by atoms with Gasteiger partial charge in [0.25, 0.3) is 0 Å². The van der Waals surface area contributed by atoms with Crippen molar-refractivity contribution in [1.29, 1.82) is 0 Å². The zero-order chi connectivity index (χ0) is 12.0. The second-order valence-corrected chi connectivity index (χ2v) is 5.50. The Morgan fingerprint density at radius 3 is 3.00 bits per heavy atom. The van der Waals surface area contributed by atoms with E-state index in [0.717, 1.165) is 12.8 Å². The number of hydrogen-bond donors (Lipinski definition) is 1. The Morgan fingerprint density at radius 2 is 2.44 bits per heavy atom.